The van der Waals surface area contributed by atoms with Crippen molar-refractivity contribution in [2.75, 3.05) is 16.5 Å². The number of benzene rings is 5. The van der Waals surface area contributed by atoms with Gasteiger partial charge in [-0.15, -0.1) is 0 Å². The van der Waals surface area contributed by atoms with Crippen LogP contribution in [0, 0.1) is 6.92 Å². The number of aryl methyl sites for hydroxylation is 1. The Labute approximate surface area is 402 Å². The summed E-state index contributed by atoms with van der Waals surface area (Å²) >= 11 is 0. The monoisotopic (exact) mass is 899 g/mol. The molecule has 0 bridgehead atoms. The maximum absolute atomic E-state index is 6.81. The Balaban J connectivity index is 0.962. The van der Waals surface area contributed by atoms with Crippen molar-refractivity contribution in [3.8, 4) is 16.9 Å². The molecular formula is C56H60B3N5O4. The van der Waals surface area contributed by atoms with Crippen molar-refractivity contribution in [1.29, 1.82) is 0 Å². The Hall–Kier alpha value is -6.17. The van der Waals surface area contributed by atoms with Crippen LogP contribution in [-0.2, 0) is 37.1 Å². The molecule has 0 atom stereocenters. The van der Waals surface area contributed by atoms with Crippen LogP contribution in [0.3, 0.4) is 0 Å². The minimum Gasteiger partial charge on any atom is -0.452 e. The van der Waals surface area contributed by atoms with Gasteiger partial charge in [0, 0.05) is 39.3 Å². The minimum absolute atomic E-state index is 0.00297. The van der Waals surface area contributed by atoms with E-state index >= 15 is 0 Å². The zero-order chi connectivity index (χ0) is 47.5. The smallest absolute Gasteiger partial charge is 0.452 e. The van der Waals surface area contributed by atoms with Crippen molar-refractivity contribution in [3.05, 3.63) is 168 Å². The first kappa shape index (κ1) is 45.6. The van der Waals surface area contributed by atoms with Crippen molar-refractivity contribution < 1.29 is 18.5 Å². The molecule has 9 nitrogen and oxygen atoms in total. The maximum atomic E-state index is 6.81. The second-order valence-corrected chi connectivity index (χ2v) is 21.5. The summed E-state index contributed by atoms with van der Waals surface area (Å²) in [7, 11) is -1.64. The highest BCUT2D eigenvalue weighted by molar-refractivity contribution is 6.81. The van der Waals surface area contributed by atoms with E-state index in [4.69, 9.17) is 28.4 Å². The number of para-hydroxylation sites is 4. The van der Waals surface area contributed by atoms with E-state index in [1.54, 1.807) is 0 Å². The Kier molecular flexibility index (Phi) is 11.9. The molecule has 0 saturated carbocycles. The molecule has 2 aliphatic heterocycles. The van der Waals surface area contributed by atoms with Crippen molar-refractivity contribution in [2.45, 2.75) is 98.5 Å². The molecule has 0 radical (unpaired) electrons. The number of ether oxygens (including phenoxy) is 1. The summed E-state index contributed by atoms with van der Waals surface area (Å²) in [6.45, 7) is 23.1. The fourth-order valence-electron chi connectivity index (χ4n) is 9.42. The summed E-state index contributed by atoms with van der Waals surface area (Å²) in [6, 6.07) is 47.4. The first-order valence-electron chi connectivity index (χ1n) is 23.8. The molecule has 0 N–H and O–H groups in total. The predicted octanol–water partition coefficient (Wildman–Crippen LogP) is 13.1. The first-order valence-corrected chi connectivity index (χ1v) is 23.8. The normalized spacial score (nSPS) is 14.7. The van der Waals surface area contributed by atoms with Gasteiger partial charge in [-0.1, -0.05) is 153 Å². The quantitative estimate of drug-likeness (QED) is 0.133. The van der Waals surface area contributed by atoms with E-state index in [1.165, 1.54) is 16.3 Å². The van der Waals surface area contributed by atoms with Gasteiger partial charge in [-0.2, -0.15) is 0 Å². The van der Waals surface area contributed by atoms with Gasteiger partial charge in [0.05, 0.1) is 53.2 Å². The Morgan fingerprint density at radius 1 is 0.618 bits per heavy atom. The van der Waals surface area contributed by atoms with Crippen molar-refractivity contribution in [3.63, 3.8) is 0 Å². The highest BCUT2D eigenvalue weighted by atomic mass is 16.7. The number of aromatic nitrogens is 3. The number of anilines is 4. The van der Waals surface area contributed by atoms with Crippen LogP contribution in [0.2, 0.25) is 10.6 Å². The van der Waals surface area contributed by atoms with Crippen LogP contribution < -0.4 is 15.3 Å². The van der Waals surface area contributed by atoms with Crippen LogP contribution in [0.4, 0.5) is 22.7 Å². The van der Waals surface area contributed by atoms with Crippen LogP contribution in [0.1, 0.15) is 84.7 Å². The third kappa shape index (κ3) is 8.75. The molecular weight excluding hydrogens is 839 g/mol. The standard InChI is InChI=1S/C56H60B3N5O4/c1-38-41(36-65-35-39-27-28-46-45-21-14-15-24-48(45)64(51(46)31-39)52-33-42(29-30-60-52)54(2,3)4)32-43(34-61-38)62-37-63(50-26-17-16-25-49(50)62)53-44(40-19-12-11-13-20-40)22-18-23-47(53)57-66-58(55(5,6)7)68-59(67-57)56(8,9)10/h11-34H,35-37H2,1-10H3. The summed E-state index contributed by atoms with van der Waals surface area (Å²) in [5.41, 5.74) is 13.9. The lowest BCUT2D eigenvalue weighted by Crippen LogP contribution is -2.59. The number of nitrogens with zero attached hydrogens (tertiary/aromatic N) is 5. The second kappa shape index (κ2) is 17.7. The van der Waals surface area contributed by atoms with Gasteiger partial charge in [-0.3, -0.25) is 9.55 Å². The second-order valence-electron chi connectivity index (χ2n) is 21.5. The van der Waals surface area contributed by atoms with Gasteiger partial charge in [0.25, 0.3) is 0 Å². The number of hydrogen-bond donors (Lipinski definition) is 0. The van der Waals surface area contributed by atoms with Crippen LogP contribution in [0.25, 0.3) is 38.8 Å². The molecule has 1 fully saturated rings. The zero-order valence-electron chi connectivity index (χ0n) is 41.1. The Morgan fingerprint density at radius 2 is 1.29 bits per heavy atom. The fourth-order valence-corrected chi connectivity index (χ4v) is 9.42. The largest absolute Gasteiger partial charge is 0.468 e. The minimum atomic E-state index is -0.678. The molecule has 342 valence electrons. The number of fused-ring (bicyclic) bond motifs is 4. The highest BCUT2D eigenvalue weighted by Crippen LogP contribution is 2.47. The van der Waals surface area contributed by atoms with Gasteiger partial charge >= 0.3 is 21.4 Å². The lowest BCUT2D eigenvalue weighted by molar-refractivity contribution is 0.106. The van der Waals surface area contributed by atoms with Crippen LogP contribution in [0.5, 0.6) is 0 Å². The summed E-state index contributed by atoms with van der Waals surface area (Å²) in [5, 5.41) is 1.82. The first-order chi connectivity index (χ1) is 32.5. The van der Waals surface area contributed by atoms with Crippen LogP contribution >= 0.6 is 0 Å². The lowest BCUT2D eigenvalue weighted by Gasteiger charge is -2.41. The molecule has 10 rings (SSSR count). The zero-order valence-corrected chi connectivity index (χ0v) is 41.1. The topological polar surface area (TPSA) is 74.1 Å². The molecule has 0 unspecified atom stereocenters. The number of hydrogen-bond acceptors (Lipinski definition) is 8. The molecule has 12 heteroatoms. The lowest BCUT2D eigenvalue weighted by atomic mass is 9.50. The summed E-state index contributed by atoms with van der Waals surface area (Å²) in [5.74, 6) is 0.913. The Morgan fingerprint density at radius 3 is 2.01 bits per heavy atom. The molecule has 1 saturated heterocycles. The molecule has 0 amide bonds. The number of rotatable bonds is 9. The summed E-state index contributed by atoms with van der Waals surface area (Å²) in [6.07, 6.45) is 3.90. The van der Waals surface area contributed by atoms with E-state index in [0.717, 1.165) is 73.0 Å². The molecule has 0 spiro atoms. The van der Waals surface area contributed by atoms with Gasteiger partial charge in [0.15, 0.2) is 0 Å². The Bertz CT molecular complexity index is 3120. The molecule has 2 aliphatic rings. The fraction of sp³-hybridized carbons (Fsp3) is 0.286. The molecule has 5 heterocycles. The average Bonchev–Trinajstić information content (AvgIpc) is 3.87. The van der Waals surface area contributed by atoms with Gasteiger partial charge in [0.2, 0.25) is 0 Å². The molecule has 0 aliphatic carbocycles. The summed E-state index contributed by atoms with van der Waals surface area (Å²) < 4.78 is 29.0. The molecule has 5 aromatic carbocycles. The molecule has 68 heavy (non-hydrogen) atoms. The van der Waals surface area contributed by atoms with E-state index in [1.807, 2.05) is 12.4 Å². The van der Waals surface area contributed by atoms with Crippen LogP contribution in [-0.4, -0.2) is 42.6 Å². The van der Waals surface area contributed by atoms with E-state index < -0.39 is 21.4 Å². The highest BCUT2D eigenvalue weighted by Gasteiger charge is 2.52. The van der Waals surface area contributed by atoms with E-state index in [9.17, 15) is 0 Å². The van der Waals surface area contributed by atoms with Crippen molar-refractivity contribution in [1.82, 2.24) is 14.5 Å². The molecule has 8 aromatic rings. The summed E-state index contributed by atoms with van der Waals surface area (Å²) in [4.78, 5) is 14.6. The van der Waals surface area contributed by atoms with Gasteiger partial charge in [0.1, 0.15) is 12.5 Å². The van der Waals surface area contributed by atoms with Gasteiger partial charge in [-0.25, -0.2) is 4.98 Å². The average molecular weight is 900 g/mol. The van der Waals surface area contributed by atoms with Gasteiger partial charge < -0.3 is 28.3 Å². The van der Waals surface area contributed by atoms with Crippen LogP contribution in [0.15, 0.2) is 146 Å². The van der Waals surface area contributed by atoms with E-state index in [-0.39, 0.29) is 16.0 Å². The number of pyridine rings is 2. The van der Waals surface area contributed by atoms with Crippen molar-refractivity contribution >= 4 is 71.4 Å². The maximum Gasteiger partial charge on any atom is 0.468 e. The third-order valence-electron chi connectivity index (χ3n) is 13.2. The third-order valence-corrected chi connectivity index (χ3v) is 13.2. The van der Waals surface area contributed by atoms with E-state index in [0.29, 0.717) is 19.9 Å². The predicted molar refractivity (Wildman–Crippen MR) is 282 cm³/mol. The van der Waals surface area contributed by atoms with Gasteiger partial charge in [-0.05, 0) is 82.1 Å². The molecule has 3 aromatic heterocycles. The van der Waals surface area contributed by atoms with Crippen molar-refractivity contribution in [2.24, 2.45) is 0 Å². The van der Waals surface area contributed by atoms with E-state index in [2.05, 4.69) is 217 Å². The SMILES string of the molecule is Cc1ncc(N2CN(c3c(B4OB(C(C)(C)C)OB(C(C)(C)C)O4)cccc3-c3ccccc3)c3ccccc32)cc1COCc1ccc2c3ccccc3n(-c3cc(C(C)(C)C)ccn3)c2c1.